The molecule has 0 saturated heterocycles. The van der Waals surface area contributed by atoms with Gasteiger partial charge in [0.2, 0.25) is 0 Å². The van der Waals surface area contributed by atoms with Gasteiger partial charge in [-0.15, -0.1) is 0 Å². The molecule has 0 heterocycles. The predicted molar refractivity (Wildman–Crippen MR) is 140 cm³/mol. The first-order chi connectivity index (χ1) is 17.5. The lowest BCUT2D eigenvalue weighted by Gasteiger charge is -2.37. The molecule has 0 amide bonds. The third-order valence-electron chi connectivity index (χ3n) is 9.25. The number of carbonyl (C=O) groups excluding carboxylic acids is 1. The van der Waals surface area contributed by atoms with Gasteiger partial charge < -0.3 is 4.74 Å². The topological polar surface area (TPSA) is 44.8 Å². The maximum atomic E-state index is 14.5. The van der Waals surface area contributed by atoms with Crippen LogP contribution in [0.1, 0.15) is 120 Å². The Bertz CT molecular complexity index is 803. The van der Waals surface area contributed by atoms with Crippen molar-refractivity contribution in [3.8, 4) is 0 Å². The maximum absolute atomic E-state index is 14.5. The zero-order valence-corrected chi connectivity index (χ0v) is 22.5. The van der Waals surface area contributed by atoms with E-state index in [9.17, 15) is 9.18 Å². The van der Waals surface area contributed by atoms with E-state index in [1.807, 2.05) is 0 Å². The van der Waals surface area contributed by atoms with Crippen molar-refractivity contribution in [3.05, 3.63) is 35.1 Å². The van der Waals surface area contributed by atoms with Gasteiger partial charge in [-0.3, -0.25) is 0 Å². The van der Waals surface area contributed by atoms with Crippen molar-refractivity contribution >= 4 is 5.97 Å². The molecule has 0 spiro atoms. The van der Waals surface area contributed by atoms with Crippen molar-refractivity contribution in [1.29, 1.82) is 0 Å². The van der Waals surface area contributed by atoms with E-state index in [0.717, 1.165) is 68.1 Å². The number of hydrogen-bond donors (Lipinski definition) is 0. The summed E-state index contributed by atoms with van der Waals surface area (Å²) >= 11 is 0. The highest BCUT2D eigenvalue weighted by Gasteiger charge is 2.29. The van der Waals surface area contributed by atoms with Gasteiger partial charge >= 0.3 is 5.97 Å². The molecule has 36 heavy (non-hydrogen) atoms. The van der Waals surface area contributed by atoms with Gasteiger partial charge in [0, 0.05) is 0 Å². The quantitative estimate of drug-likeness (QED) is 0.139. The molecular formula is C31H47FO4. The zero-order chi connectivity index (χ0) is 25.3. The Balaban J connectivity index is 1.09. The Kier molecular flexibility index (Phi) is 10.6. The zero-order valence-electron chi connectivity index (χ0n) is 22.5. The maximum Gasteiger partial charge on any atom is 0.341 e. The van der Waals surface area contributed by atoms with Gasteiger partial charge in [0.15, 0.2) is 0 Å². The molecule has 4 nitrogen and oxygen atoms in total. The second-order valence-electron chi connectivity index (χ2n) is 12.1. The van der Waals surface area contributed by atoms with Crippen LogP contribution in [0.4, 0.5) is 4.39 Å². The van der Waals surface area contributed by atoms with Gasteiger partial charge in [-0.05, 0) is 111 Å². The van der Waals surface area contributed by atoms with Gasteiger partial charge in [-0.1, -0.05) is 45.6 Å². The lowest BCUT2D eigenvalue weighted by atomic mass is 9.69. The summed E-state index contributed by atoms with van der Waals surface area (Å²) in [6.45, 7) is 5.18. The minimum absolute atomic E-state index is 0.0109. The summed E-state index contributed by atoms with van der Waals surface area (Å²) < 4.78 is 19.9. The second-order valence-corrected chi connectivity index (χ2v) is 12.1. The van der Waals surface area contributed by atoms with Crippen LogP contribution in [0.3, 0.4) is 0 Å². The number of benzene rings is 1. The fourth-order valence-electron chi connectivity index (χ4n) is 6.66. The molecule has 0 aliphatic heterocycles. The smallest absolute Gasteiger partial charge is 0.341 e. The lowest BCUT2D eigenvalue weighted by Crippen LogP contribution is -2.25. The highest BCUT2D eigenvalue weighted by atomic mass is 19.1. The molecule has 3 fully saturated rings. The Labute approximate surface area is 217 Å². The SMILES string of the molecule is CC1CCC(OOCc2ccc(C(=O)OCCCC3CCC(C4CCC(C)CC4)CC3)c(F)c2)CC1. The van der Waals surface area contributed by atoms with Crippen molar-refractivity contribution in [3.63, 3.8) is 0 Å². The molecule has 1 aromatic carbocycles. The minimum atomic E-state index is -0.581. The summed E-state index contributed by atoms with van der Waals surface area (Å²) in [5, 5.41) is 0. The van der Waals surface area contributed by atoms with Crippen LogP contribution >= 0.6 is 0 Å². The van der Waals surface area contributed by atoms with Gasteiger partial charge in [0.05, 0.1) is 18.3 Å². The van der Waals surface area contributed by atoms with Crippen molar-refractivity contribution < 1.29 is 23.7 Å². The molecule has 0 radical (unpaired) electrons. The van der Waals surface area contributed by atoms with E-state index in [1.54, 1.807) is 6.07 Å². The van der Waals surface area contributed by atoms with Crippen LogP contribution in [0.5, 0.6) is 0 Å². The van der Waals surface area contributed by atoms with E-state index in [0.29, 0.717) is 12.2 Å². The molecule has 3 aliphatic carbocycles. The summed E-state index contributed by atoms with van der Waals surface area (Å²) in [7, 11) is 0. The molecule has 4 rings (SSSR count). The third-order valence-corrected chi connectivity index (χ3v) is 9.25. The Hall–Kier alpha value is -1.46. The van der Waals surface area contributed by atoms with Gasteiger partial charge in [0.25, 0.3) is 0 Å². The average molecular weight is 503 g/mol. The van der Waals surface area contributed by atoms with Gasteiger partial charge in [-0.2, -0.15) is 0 Å². The van der Waals surface area contributed by atoms with Crippen molar-refractivity contribution in [1.82, 2.24) is 0 Å². The second kappa shape index (κ2) is 13.9. The van der Waals surface area contributed by atoms with Crippen molar-refractivity contribution in [2.45, 2.75) is 116 Å². The Morgan fingerprint density at radius 1 is 0.861 bits per heavy atom. The van der Waals surface area contributed by atoms with Crippen LogP contribution in [0.25, 0.3) is 0 Å². The molecular weight excluding hydrogens is 455 g/mol. The molecule has 3 aliphatic rings. The molecule has 0 aromatic heterocycles. The van der Waals surface area contributed by atoms with Crippen LogP contribution < -0.4 is 0 Å². The lowest BCUT2D eigenvalue weighted by molar-refractivity contribution is -0.337. The summed E-state index contributed by atoms with van der Waals surface area (Å²) in [5.74, 6) is 3.18. The van der Waals surface area contributed by atoms with E-state index in [4.69, 9.17) is 14.5 Å². The van der Waals surface area contributed by atoms with E-state index in [-0.39, 0.29) is 18.3 Å². The fraction of sp³-hybridized carbons (Fsp3) is 0.774. The summed E-state index contributed by atoms with van der Waals surface area (Å²) in [4.78, 5) is 23.2. The van der Waals surface area contributed by atoms with Crippen LogP contribution in [0.15, 0.2) is 18.2 Å². The normalized spacial score (nSPS) is 31.2. The van der Waals surface area contributed by atoms with E-state index in [1.165, 1.54) is 63.5 Å². The standard InChI is InChI=1S/C31H47FO4/c1-22-5-12-26(13-6-22)27-14-9-24(10-15-27)4-3-19-34-31(33)29-18-11-25(20-30(29)32)21-35-36-28-16-7-23(2)8-17-28/h11,18,20,22-24,26-28H,3-10,12-17,19,21H2,1-2H3. The summed E-state index contributed by atoms with van der Waals surface area (Å²) in [6, 6.07) is 4.54. The molecule has 0 atom stereocenters. The molecule has 5 heteroatoms. The summed E-state index contributed by atoms with van der Waals surface area (Å²) in [5.41, 5.74) is 0.634. The largest absolute Gasteiger partial charge is 0.462 e. The van der Waals surface area contributed by atoms with Gasteiger partial charge in [0.1, 0.15) is 12.4 Å². The predicted octanol–water partition coefficient (Wildman–Crippen LogP) is 8.42. The number of ether oxygens (including phenoxy) is 1. The van der Waals surface area contributed by atoms with Crippen LogP contribution in [-0.2, 0) is 21.1 Å². The molecule has 1 aromatic rings. The molecule has 0 unspecified atom stereocenters. The van der Waals surface area contributed by atoms with Crippen LogP contribution in [0.2, 0.25) is 0 Å². The Morgan fingerprint density at radius 2 is 1.47 bits per heavy atom. The number of rotatable bonds is 10. The van der Waals surface area contributed by atoms with Crippen LogP contribution in [0, 0.1) is 35.4 Å². The number of carbonyl (C=O) groups is 1. The molecule has 3 saturated carbocycles. The third kappa shape index (κ3) is 8.28. The summed E-state index contributed by atoms with van der Waals surface area (Å²) in [6.07, 6.45) is 17.5. The number of esters is 1. The van der Waals surface area contributed by atoms with E-state index >= 15 is 0 Å². The number of hydrogen-bond acceptors (Lipinski definition) is 4. The fourth-order valence-corrected chi connectivity index (χ4v) is 6.66. The molecule has 202 valence electrons. The van der Waals surface area contributed by atoms with Crippen LogP contribution in [-0.4, -0.2) is 18.7 Å². The first-order valence-electron chi connectivity index (χ1n) is 14.7. The first-order valence-corrected chi connectivity index (χ1v) is 14.7. The Morgan fingerprint density at radius 3 is 2.11 bits per heavy atom. The van der Waals surface area contributed by atoms with Crippen molar-refractivity contribution in [2.75, 3.05) is 6.61 Å². The molecule has 0 N–H and O–H groups in total. The highest BCUT2D eigenvalue weighted by Crippen LogP contribution is 2.42. The number of halogens is 1. The van der Waals surface area contributed by atoms with Crippen molar-refractivity contribution in [2.24, 2.45) is 29.6 Å². The van der Waals surface area contributed by atoms with E-state index < -0.39 is 11.8 Å². The average Bonchev–Trinajstić information content (AvgIpc) is 2.89. The first kappa shape index (κ1) is 27.6. The monoisotopic (exact) mass is 502 g/mol. The highest BCUT2D eigenvalue weighted by molar-refractivity contribution is 5.89. The van der Waals surface area contributed by atoms with E-state index in [2.05, 4.69) is 13.8 Å². The van der Waals surface area contributed by atoms with Gasteiger partial charge in [-0.25, -0.2) is 19.0 Å². The molecule has 0 bridgehead atoms. The minimum Gasteiger partial charge on any atom is -0.462 e.